The quantitative estimate of drug-likeness (QED) is 0.817. The van der Waals surface area contributed by atoms with Crippen molar-refractivity contribution in [2.75, 3.05) is 29.9 Å². The highest BCUT2D eigenvalue weighted by Crippen LogP contribution is 2.26. The Labute approximate surface area is 171 Å². The molecule has 2 aromatic rings. The number of nitrogens with one attached hydrogen (secondary N) is 1. The summed E-state index contributed by atoms with van der Waals surface area (Å²) in [6.45, 7) is 7.47. The minimum absolute atomic E-state index is 0.0561. The van der Waals surface area contributed by atoms with Crippen molar-refractivity contribution in [2.24, 2.45) is 5.92 Å². The van der Waals surface area contributed by atoms with Gasteiger partial charge in [0.1, 0.15) is 0 Å². The van der Waals surface area contributed by atoms with E-state index >= 15 is 0 Å². The number of hydrogen-bond donors (Lipinski definition) is 1. The van der Waals surface area contributed by atoms with Crippen LogP contribution in [-0.4, -0.2) is 42.3 Å². The van der Waals surface area contributed by atoms with Crippen molar-refractivity contribution < 1.29 is 14.4 Å². The lowest BCUT2D eigenvalue weighted by Gasteiger charge is -2.19. The molecular weight excluding hydrogens is 366 g/mol. The van der Waals surface area contributed by atoms with Gasteiger partial charge in [0, 0.05) is 43.0 Å². The van der Waals surface area contributed by atoms with Gasteiger partial charge < -0.3 is 15.1 Å². The van der Waals surface area contributed by atoms with Crippen molar-refractivity contribution in [3.05, 3.63) is 59.7 Å². The first kappa shape index (κ1) is 20.6. The second-order valence-electron chi connectivity index (χ2n) is 7.29. The van der Waals surface area contributed by atoms with E-state index in [2.05, 4.69) is 5.32 Å². The van der Waals surface area contributed by atoms with Gasteiger partial charge in [-0.25, -0.2) is 0 Å². The molecule has 1 aliphatic rings. The van der Waals surface area contributed by atoms with Crippen molar-refractivity contribution in [3.63, 3.8) is 0 Å². The molecule has 0 saturated carbocycles. The zero-order valence-corrected chi connectivity index (χ0v) is 17.1. The van der Waals surface area contributed by atoms with Crippen LogP contribution < -0.4 is 10.2 Å². The maximum absolute atomic E-state index is 12.7. The Morgan fingerprint density at radius 1 is 1.10 bits per heavy atom. The Morgan fingerprint density at radius 2 is 1.79 bits per heavy atom. The van der Waals surface area contributed by atoms with E-state index in [0.29, 0.717) is 30.9 Å². The van der Waals surface area contributed by atoms with E-state index < -0.39 is 5.92 Å². The Morgan fingerprint density at radius 3 is 2.45 bits per heavy atom. The standard InChI is InChI=1S/C23H27N3O3/c1-4-25(5-2)23(29)17-7-6-8-19(13-17)24-22(28)18-14-21(27)26(15-18)20-11-9-16(3)10-12-20/h6-13,18H,4-5,14-15H2,1-3H3,(H,24,28). The number of carbonyl (C=O) groups excluding carboxylic acids is 3. The molecule has 0 radical (unpaired) electrons. The molecule has 2 aromatic carbocycles. The van der Waals surface area contributed by atoms with Crippen LogP contribution in [0.4, 0.5) is 11.4 Å². The van der Waals surface area contributed by atoms with Crippen molar-refractivity contribution >= 4 is 29.1 Å². The van der Waals surface area contributed by atoms with Crippen LogP contribution in [0.1, 0.15) is 36.2 Å². The lowest BCUT2D eigenvalue weighted by Crippen LogP contribution is -2.30. The monoisotopic (exact) mass is 393 g/mol. The van der Waals surface area contributed by atoms with E-state index in [1.54, 1.807) is 34.1 Å². The number of benzene rings is 2. The molecule has 0 spiro atoms. The maximum atomic E-state index is 12.7. The van der Waals surface area contributed by atoms with Crippen LogP contribution in [0.3, 0.4) is 0 Å². The van der Waals surface area contributed by atoms with E-state index in [-0.39, 0.29) is 24.1 Å². The highest BCUT2D eigenvalue weighted by Gasteiger charge is 2.35. The average molecular weight is 393 g/mol. The fraction of sp³-hybridized carbons (Fsp3) is 0.348. The zero-order chi connectivity index (χ0) is 21.0. The Kier molecular flexibility index (Phi) is 6.32. The molecule has 6 nitrogen and oxygen atoms in total. The second kappa shape index (κ2) is 8.90. The van der Waals surface area contributed by atoms with Crippen LogP contribution >= 0.6 is 0 Å². The van der Waals surface area contributed by atoms with Crippen LogP contribution in [0, 0.1) is 12.8 Å². The summed E-state index contributed by atoms with van der Waals surface area (Å²) in [6.07, 6.45) is 0.178. The fourth-order valence-corrected chi connectivity index (χ4v) is 3.53. The molecule has 1 saturated heterocycles. The van der Waals surface area contributed by atoms with Crippen LogP contribution in [0.25, 0.3) is 0 Å². The molecule has 1 heterocycles. The fourth-order valence-electron chi connectivity index (χ4n) is 3.53. The first-order valence-corrected chi connectivity index (χ1v) is 10.00. The lowest BCUT2D eigenvalue weighted by atomic mass is 10.1. The van der Waals surface area contributed by atoms with Gasteiger partial charge in [-0.15, -0.1) is 0 Å². The summed E-state index contributed by atoms with van der Waals surface area (Å²) in [5, 5.41) is 2.87. The summed E-state index contributed by atoms with van der Waals surface area (Å²) in [5.74, 6) is -0.751. The SMILES string of the molecule is CCN(CC)C(=O)c1cccc(NC(=O)C2CC(=O)N(c3ccc(C)cc3)C2)c1. The first-order chi connectivity index (χ1) is 13.9. The molecule has 0 bridgehead atoms. The molecule has 6 heteroatoms. The summed E-state index contributed by atoms with van der Waals surface area (Å²) < 4.78 is 0. The number of carbonyl (C=O) groups is 3. The summed E-state index contributed by atoms with van der Waals surface area (Å²) in [5.41, 5.74) is 3.03. The molecule has 0 aromatic heterocycles. The molecule has 0 aliphatic carbocycles. The summed E-state index contributed by atoms with van der Waals surface area (Å²) in [7, 11) is 0. The molecule has 3 rings (SSSR count). The largest absolute Gasteiger partial charge is 0.339 e. The summed E-state index contributed by atoms with van der Waals surface area (Å²) >= 11 is 0. The zero-order valence-electron chi connectivity index (χ0n) is 17.1. The molecule has 29 heavy (non-hydrogen) atoms. The van der Waals surface area contributed by atoms with Crippen molar-refractivity contribution in [1.29, 1.82) is 0 Å². The Hall–Kier alpha value is -3.15. The summed E-state index contributed by atoms with van der Waals surface area (Å²) in [4.78, 5) is 41.1. The molecule has 152 valence electrons. The lowest BCUT2D eigenvalue weighted by molar-refractivity contribution is -0.122. The van der Waals surface area contributed by atoms with Gasteiger partial charge in [-0.3, -0.25) is 14.4 Å². The van der Waals surface area contributed by atoms with Gasteiger partial charge in [-0.2, -0.15) is 0 Å². The van der Waals surface area contributed by atoms with E-state index in [1.807, 2.05) is 45.0 Å². The molecule has 1 atom stereocenters. The van der Waals surface area contributed by atoms with Gasteiger partial charge in [0.15, 0.2) is 0 Å². The number of nitrogens with zero attached hydrogens (tertiary/aromatic N) is 2. The van der Waals surface area contributed by atoms with Gasteiger partial charge >= 0.3 is 0 Å². The minimum Gasteiger partial charge on any atom is -0.339 e. The van der Waals surface area contributed by atoms with Gasteiger partial charge in [0.25, 0.3) is 5.91 Å². The number of hydrogen-bond acceptors (Lipinski definition) is 3. The number of amides is 3. The third-order valence-corrected chi connectivity index (χ3v) is 5.27. The van der Waals surface area contributed by atoms with Crippen LogP contribution in [0.2, 0.25) is 0 Å². The maximum Gasteiger partial charge on any atom is 0.253 e. The third kappa shape index (κ3) is 4.65. The van der Waals surface area contributed by atoms with E-state index in [9.17, 15) is 14.4 Å². The molecule has 1 unspecified atom stereocenters. The van der Waals surface area contributed by atoms with Gasteiger partial charge in [0.05, 0.1) is 5.92 Å². The van der Waals surface area contributed by atoms with Gasteiger partial charge in [0.2, 0.25) is 11.8 Å². The minimum atomic E-state index is -0.425. The van der Waals surface area contributed by atoms with Crippen LogP contribution in [0.15, 0.2) is 48.5 Å². The summed E-state index contributed by atoms with van der Waals surface area (Å²) in [6, 6.07) is 14.6. The first-order valence-electron chi connectivity index (χ1n) is 10.00. The highest BCUT2D eigenvalue weighted by molar-refractivity contribution is 6.04. The number of aryl methyl sites for hydroxylation is 1. The third-order valence-electron chi connectivity index (χ3n) is 5.27. The van der Waals surface area contributed by atoms with Crippen LogP contribution in [0.5, 0.6) is 0 Å². The highest BCUT2D eigenvalue weighted by atomic mass is 16.2. The second-order valence-corrected chi connectivity index (χ2v) is 7.29. The Balaban J connectivity index is 1.68. The van der Waals surface area contributed by atoms with E-state index in [0.717, 1.165) is 11.3 Å². The molecule has 1 aliphatic heterocycles. The average Bonchev–Trinajstić information content (AvgIpc) is 3.11. The van der Waals surface area contributed by atoms with Crippen molar-refractivity contribution in [3.8, 4) is 0 Å². The molecular formula is C23H27N3O3. The van der Waals surface area contributed by atoms with Crippen molar-refractivity contribution in [1.82, 2.24) is 4.90 Å². The smallest absolute Gasteiger partial charge is 0.253 e. The predicted octanol–water partition coefficient (Wildman–Crippen LogP) is 3.47. The van der Waals surface area contributed by atoms with E-state index in [4.69, 9.17) is 0 Å². The topological polar surface area (TPSA) is 69.7 Å². The van der Waals surface area contributed by atoms with Crippen LogP contribution in [-0.2, 0) is 9.59 Å². The molecule has 3 amide bonds. The van der Waals surface area contributed by atoms with Gasteiger partial charge in [-0.05, 0) is 51.1 Å². The predicted molar refractivity (Wildman–Crippen MR) is 114 cm³/mol. The normalized spacial score (nSPS) is 16.0. The van der Waals surface area contributed by atoms with Gasteiger partial charge in [-0.1, -0.05) is 23.8 Å². The molecule has 1 N–H and O–H groups in total. The van der Waals surface area contributed by atoms with E-state index in [1.165, 1.54) is 0 Å². The number of anilines is 2. The number of rotatable bonds is 6. The molecule has 1 fully saturated rings. The Bertz CT molecular complexity index is 904. The van der Waals surface area contributed by atoms with Crippen molar-refractivity contribution in [2.45, 2.75) is 27.2 Å².